The van der Waals surface area contributed by atoms with Gasteiger partial charge < -0.3 is 10.2 Å². The lowest BCUT2D eigenvalue weighted by Crippen LogP contribution is -2.49. The number of nitrogens with zero attached hydrogens (tertiary/aromatic N) is 1. The molecule has 1 heterocycles. The Kier molecular flexibility index (Phi) is 2.51. The molecule has 3 nitrogen and oxygen atoms in total. The largest absolute Gasteiger partial charge is 0.326 e. The van der Waals surface area contributed by atoms with Gasteiger partial charge >= 0.3 is 5.37 Å². The van der Waals surface area contributed by atoms with Crippen LogP contribution in [0, 0.1) is 0 Å². The number of carbonyl (C=O) groups is 1. The minimum absolute atomic E-state index is 0.339. The molecule has 1 aliphatic heterocycles. The highest BCUT2D eigenvalue weighted by atomic mass is 35.5. The highest BCUT2D eigenvalue weighted by molar-refractivity contribution is 6.62. The lowest BCUT2D eigenvalue weighted by Gasteiger charge is -2.29. The van der Waals surface area contributed by atoms with E-state index in [9.17, 15) is 4.79 Å². The summed E-state index contributed by atoms with van der Waals surface area (Å²) in [6.07, 6.45) is 0. The van der Waals surface area contributed by atoms with Crippen molar-refractivity contribution in [2.45, 2.75) is 13.0 Å². The molecule has 4 heteroatoms. The molecule has 1 aliphatic rings. The highest BCUT2D eigenvalue weighted by Gasteiger charge is 2.17. The fourth-order valence-corrected chi connectivity index (χ4v) is 1.25. The van der Waals surface area contributed by atoms with Gasteiger partial charge in [0.05, 0.1) is 0 Å². The van der Waals surface area contributed by atoms with Gasteiger partial charge in [-0.1, -0.05) is 0 Å². The Bertz CT molecular complexity index is 140. The van der Waals surface area contributed by atoms with Crippen LogP contribution in [0.25, 0.3) is 0 Å². The zero-order valence-electron chi connectivity index (χ0n) is 5.93. The number of amides is 1. The van der Waals surface area contributed by atoms with Crippen LogP contribution in [0.2, 0.25) is 0 Å². The van der Waals surface area contributed by atoms with Crippen LogP contribution >= 0.6 is 11.6 Å². The summed E-state index contributed by atoms with van der Waals surface area (Å²) in [5, 5.41) is 2.87. The molecule has 1 fully saturated rings. The number of piperazine rings is 1. The molecule has 1 N–H and O–H groups in total. The van der Waals surface area contributed by atoms with Crippen LogP contribution in [-0.4, -0.2) is 35.9 Å². The average Bonchev–Trinajstić information content (AvgIpc) is 1.88. The van der Waals surface area contributed by atoms with Gasteiger partial charge in [0.2, 0.25) is 0 Å². The van der Waals surface area contributed by atoms with E-state index in [2.05, 4.69) is 5.32 Å². The maximum atomic E-state index is 10.6. The fraction of sp³-hybridized carbons (Fsp3) is 0.833. The van der Waals surface area contributed by atoms with Crippen LogP contribution in [-0.2, 0) is 0 Å². The van der Waals surface area contributed by atoms with Crippen LogP contribution < -0.4 is 5.32 Å². The lowest BCUT2D eigenvalue weighted by atomic mass is 10.2. The van der Waals surface area contributed by atoms with Gasteiger partial charge in [0.1, 0.15) is 0 Å². The lowest BCUT2D eigenvalue weighted by molar-refractivity contribution is 0.202. The molecule has 0 aromatic heterocycles. The summed E-state index contributed by atoms with van der Waals surface area (Å²) < 4.78 is 0. The quantitative estimate of drug-likeness (QED) is 0.419. The Balaban J connectivity index is 2.39. The predicted octanol–water partition coefficient (Wildman–Crippen LogP) is 0.639. The molecule has 0 unspecified atom stereocenters. The van der Waals surface area contributed by atoms with Crippen molar-refractivity contribution in [2.75, 3.05) is 19.6 Å². The van der Waals surface area contributed by atoms with Gasteiger partial charge in [0.25, 0.3) is 0 Å². The van der Waals surface area contributed by atoms with Crippen molar-refractivity contribution in [2.24, 2.45) is 0 Å². The van der Waals surface area contributed by atoms with Crippen molar-refractivity contribution in [3.8, 4) is 0 Å². The smallest absolute Gasteiger partial charge is 0.316 e. The highest BCUT2D eigenvalue weighted by Crippen LogP contribution is 2.01. The number of hydrogen-bond acceptors (Lipinski definition) is 2. The molecular formula is C6H11ClN2O. The van der Waals surface area contributed by atoms with E-state index in [0.29, 0.717) is 6.04 Å². The predicted molar refractivity (Wildman–Crippen MR) is 40.3 cm³/mol. The molecule has 0 radical (unpaired) electrons. The molecule has 0 aromatic rings. The van der Waals surface area contributed by atoms with E-state index in [1.54, 1.807) is 4.90 Å². The SMILES string of the molecule is C[C@H]1CN(C(=O)Cl)CCN1. The molecule has 0 bridgehead atoms. The first kappa shape index (κ1) is 7.82. The van der Waals surface area contributed by atoms with E-state index < -0.39 is 0 Å². The van der Waals surface area contributed by atoms with Gasteiger partial charge in [-0.25, -0.2) is 0 Å². The van der Waals surface area contributed by atoms with Crippen LogP contribution in [0.1, 0.15) is 6.92 Å². The van der Waals surface area contributed by atoms with Gasteiger partial charge in [-0.2, -0.15) is 0 Å². The molecule has 1 saturated heterocycles. The summed E-state index contributed by atoms with van der Waals surface area (Å²) in [6, 6.07) is 0.372. The van der Waals surface area contributed by atoms with Crippen molar-refractivity contribution in [3.63, 3.8) is 0 Å². The summed E-state index contributed by atoms with van der Waals surface area (Å²) in [5.74, 6) is 0. The first-order valence-electron chi connectivity index (χ1n) is 3.38. The Morgan fingerprint density at radius 2 is 2.50 bits per heavy atom. The maximum Gasteiger partial charge on any atom is 0.316 e. The molecule has 1 amide bonds. The molecule has 0 aliphatic carbocycles. The molecule has 58 valence electrons. The first-order valence-corrected chi connectivity index (χ1v) is 3.75. The second-order valence-electron chi connectivity index (χ2n) is 2.55. The third-order valence-electron chi connectivity index (χ3n) is 1.62. The third-order valence-corrected chi connectivity index (χ3v) is 1.86. The van der Waals surface area contributed by atoms with Crippen molar-refractivity contribution < 1.29 is 4.79 Å². The standard InChI is InChI=1S/C6H11ClN2O/c1-5-4-9(6(7)10)3-2-8-5/h5,8H,2-4H2,1H3/t5-/m0/s1. The number of nitrogens with one attached hydrogen (secondary N) is 1. The van der Waals surface area contributed by atoms with E-state index in [1.165, 1.54) is 0 Å². The summed E-state index contributed by atoms with van der Waals surface area (Å²) in [5.41, 5.74) is 0. The van der Waals surface area contributed by atoms with E-state index in [4.69, 9.17) is 11.6 Å². The Morgan fingerprint density at radius 3 is 2.90 bits per heavy atom. The number of carbonyl (C=O) groups excluding carboxylic acids is 1. The number of hydrogen-bond donors (Lipinski definition) is 1. The van der Waals surface area contributed by atoms with Gasteiger partial charge in [-0.05, 0) is 18.5 Å². The monoisotopic (exact) mass is 162 g/mol. The fourth-order valence-electron chi connectivity index (χ4n) is 1.09. The second-order valence-corrected chi connectivity index (χ2v) is 2.88. The zero-order valence-corrected chi connectivity index (χ0v) is 6.69. The number of rotatable bonds is 0. The van der Waals surface area contributed by atoms with E-state index in [-0.39, 0.29) is 5.37 Å². The normalized spacial score (nSPS) is 26.6. The summed E-state index contributed by atoms with van der Waals surface area (Å²) in [7, 11) is 0. The van der Waals surface area contributed by atoms with Crippen molar-refractivity contribution >= 4 is 17.0 Å². The van der Waals surface area contributed by atoms with Gasteiger partial charge in [0.15, 0.2) is 0 Å². The Morgan fingerprint density at radius 1 is 1.80 bits per heavy atom. The van der Waals surface area contributed by atoms with E-state index in [1.807, 2.05) is 6.92 Å². The van der Waals surface area contributed by atoms with Crippen LogP contribution in [0.3, 0.4) is 0 Å². The maximum absolute atomic E-state index is 10.6. The van der Waals surface area contributed by atoms with Crippen molar-refractivity contribution in [3.05, 3.63) is 0 Å². The van der Waals surface area contributed by atoms with Crippen molar-refractivity contribution in [1.29, 1.82) is 0 Å². The molecular weight excluding hydrogens is 152 g/mol. The van der Waals surface area contributed by atoms with Gasteiger partial charge in [0, 0.05) is 25.7 Å². The van der Waals surface area contributed by atoms with Crippen molar-refractivity contribution in [1.82, 2.24) is 10.2 Å². The minimum Gasteiger partial charge on any atom is -0.326 e. The summed E-state index contributed by atoms with van der Waals surface area (Å²) >= 11 is 5.28. The van der Waals surface area contributed by atoms with Crippen LogP contribution in [0.15, 0.2) is 0 Å². The molecule has 0 saturated carbocycles. The third kappa shape index (κ3) is 1.85. The van der Waals surface area contributed by atoms with Gasteiger partial charge in [-0.3, -0.25) is 4.79 Å². The average molecular weight is 163 g/mol. The molecule has 1 atom stereocenters. The molecule has 0 spiro atoms. The second kappa shape index (κ2) is 3.21. The van der Waals surface area contributed by atoms with Gasteiger partial charge in [-0.15, -0.1) is 0 Å². The Labute approximate surface area is 65.3 Å². The van der Waals surface area contributed by atoms with E-state index >= 15 is 0 Å². The molecule has 1 rings (SSSR count). The van der Waals surface area contributed by atoms with E-state index in [0.717, 1.165) is 19.6 Å². The molecule has 0 aromatic carbocycles. The summed E-state index contributed by atoms with van der Waals surface area (Å²) in [4.78, 5) is 12.2. The number of halogens is 1. The zero-order chi connectivity index (χ0) is 7.56. The first-order chi connectivity index (χ1) is 4.70. The van der Waals surface area contributed by atoms with Crippen LogP contribution in [0.5, 0.6) is 0 Å². The minimum atomic E-state index is -0.339. The Hall–Kier alpha value is -0.280. The summed E-state index contributed by atoms with van der Waals surface area (Å²) in [6.45, 7) is 4.33. The van der Waals surface area contributed by atoms with Crippen LogP contribution in [0.4, 0.5) is 4.79 Å². The topological polar surface area (TPSA) is 32.3 Å². The molecule has 10 heavy (non-hydrogen) atoms.